The molecule has 0 fully saturated rings. The lowest BCUT2D eigenvalue weighted by molar-refractivity contribution is 0.0495. The van der Waals surface area contributed by atoms with Gasteiger partial charge in [0.2, 0.25) is 6.30 Å². The zero-order valence-electron chi connectivity index (χ0n) is 9.02. The molecule has 1 unspecified atom stereocenters. The molecular formula is C12H8F3NO2. The SMILES string of the molecule is O=C1c2ccccc2C(=O)N1C(F)C=CC(F)F. The van der Waals surface area contributed by atoms with Crippen LogP contribution in [-0.2, 0) is 0 Å². The number of hydrogen-bond donors (Lipinski definition) is 0. The Kier molecular flexibility index (Phi) is 3.18. The molecule has 1 aromatic rings. The van der Waals surface area contributed by atoms with Crippen LogP contribution >= 0.6 is 0 Å². The molecule has 2 amide bonds. The van der Waals surface area contributed by atoms with Crippen molar-refractivity contribution in [3.05, 3.63) is 47.5 Å². The van der Waals surface area contributed by atoms with Gasteiger partial charge in [0.25, 0.3) is 18.2 Å². The summed E-state index contributed by atoms with van der Waals surface area (Å²) in [7, 11) is 0. The van der Waals surface area contributed by atoms with E-state index in [4.69, 9.17) is 0 Å². The third kappa shape index (κ3) is 2.01. The van der Waals surface area contributed by atoms with Gasteiger partial charge >= 0.3 is 0 Å². The largest absolute Gasteiger partial charge is 0.268 e. The Hall–Kier alpha value is -2.11. The Balaban J connectivity index is 2.28. The molecule has 0 aliphatic carbocycles. The summed E-state index contributed by atoms with van der Waals surface area (Å²) in [5.41, 5.74) is 0.159. The van der Waals surface area contributed by atoms with Gasteiger partial charge in [-0.1, -0.05) is 12.1 Å². The van der Waals surface area contributed by atoms with Crippen molar-refractivity contribution in [2.24, 2.45) is 0 Å². The molecule has 1 aliphatic rings. The van der Waals surface area contributed by atoms with Crippen molar-refractivity contribution < 1.29 is 22.8 Å². The monoisotopic (exact) mass is 255 g/mol. The number of nitrogens with zero attached hydrogens (tertiary/aromatic N) is 1. The number of rotatable bonds is 3. The summed E-state index contributed by atoms with van der Waals surface area (Å²) in [4.78, 5) is 23.8. The molecule has 3 nitrogen and oxygen atoms in total. The lowest BCUT2D eigenvalue weighted by Crippen LogP contribution is -2.36. The van der Waals surface area contributed by atoms with Gasteiger partial charge in [0, 0.05) is 0 Å². The van der Waals surface area contributed by atoms with E-state index in [1.807, 2.05) is 0 Å². The van der Waals surface area contributed by atoms with Gasteiger partial charge in [0.05, 0.1) is 11.1 Å². The highest BCUT2D eigenvalue weighted by Gasteiger charge is 2.39. The first-order chi connectivity index (χ1) is 8.52. The number of carbonyl (C=O) groups excluding carboxylic acids is 2. The van der Waals surface area contributed by atoms with E-state index in [1.165, 1.54) is 24.3 Å². The number of alkyl halides is 3. The summed E-state index contributed by atoms with van der Waals surface area (Å²) in [5, 5.41) is 0. The number of amides is 2. The van der Waals surface area contributed by atoms with Crippen molar-refractivity contribution in [1.82, 2.24) is 4.90 Å². The van der Waals surface area contributed by atoms with Crippen LogP contribution in [0.5, 0.6) is 0 Å². The third-order valence-electron chi connectivity index (χ3n) is 2.49. The fourth-order valence-corrected chi connectivity index (χ4v) is 1.69. The van der Waals surface area contributed by atoms with E-state index >= 15 is 0 Å². The van der Waals surface area contributed by atoms with Crippen LogP contribution in [0.25, 0.3) is 0 Å². The van der Waals surface area contributed by atoms with Gasteiger partial charge in [-0.3, -0.25) is 9.59 Å². The quantitative estimate of drug-likeness (QED) is 0.472. The van der Waals surface area contributed by atoms with Crippen LogP contribution in [0.15, 0.2) is 36.4 Å². The molecule has 1 atom stereocenters. The van der Waals surface area contributed by atoms with E-state index in [9.17, 15) is 22.8 Å². The molecule has 0 saturated heterocycles. The summed E-state index contributed by atoms with van der Waals surface area (Å²) in [6, 6.07) is 5.85. The topological polar surface area (TPSA) is 37.4 Å². The Labute approximate surface area is 101 Å². The van der Waals surface area contributed by atoms with Crippen LogP contribution in [0, 0.1) is 0 Å². The maximum absolute atomic E-state index is 13.6. The van der Waals surface area contributed by atoms with Crippen molar-refractivity contribution in [2.45, 2.75) is 12.7 Å². The van der Waals surface area contributed by atoms with Gasteiger partial charge in [-0.2, -0.15) is 0 Å². The molecule has 18 heavy (non-hydrogen) atoms. The number of imide groups is 1. The van der Waals surface area contributed by atoms with Crippen LogP contribution in [0.3, 0.4) is 0 Å². The highest BCUT2D eigenvalue weighted by molar-refractivity contribution is 6.21. The molecule has 0 radical (unpaired) electrons. The second-order valence-electron chi connectivity index (χ2n) is 3.62. The first-order valence-electron chi connectivity index (χ1n) is 5.10. The number of carbonyl (C=O) groups is 2. The van der Waals surface area contributed by atoms with Crippen LogP contribution in [0.2, 0.25) is 0 Å². The van der Waals surface area contributed by atoms with Gasteiger partial charge in [-0.15, -0.1) is 0 Å². The Bertz CT molecular complexity index is 493. The first kappa shape index (κ1) is 12.3. The summed E-state index contributed by atoms with van der Waals surface area (Å²) in [6.45, 7) is 0. The second-order valence-corrected chi connectivity index (χ2v) is 3.62. The summed E-state index contributed by atoms with van der Waals surface area (Å²) < 4.78 is 37.4. The van der Waals surface area contributed by atoms with Gasteiger partial charge in [-0.05, 0) is 24.3 Å². The highest BCUT2D eigenvalue weighted by Crippen LogP contribution is 2.25. The number of allylic oxidation sites excluding steroid dienone is 1. The fraction of sp³-hybridized carbons (Fsp3) is 0.167. The molecule has 0 bridgehead atoms. The fourth-order valence-electron chi connectivity index (χ4n) is 1.69. The molecule has 0 saturated carbocycles. The van der Waals surface area contributed by atoms with E-state index in [0.29, 0.717) is 17.1 Å². The molecular weight excluding hydrogens is 247 g/mol. The van der Waals surface area contributed by atoms with Gasteiger partial charge in [0.15, 0.2) is 0 Å². The van der Waals surface area contributed by atoms with E-state index in [0.717, 1.165) is 0 Å². The Morgan fingerprint density at radius 3 is 1.89 bits per heavy atom. The van der Waals surface area contributed by atoms with Crippen LogP contribution < -0.4 is 0 Å². The van der Waals surface area contributed by atoms with E-state index in [2.05, 4.69) is 0 Å². The minimum atomic E-state index is -2.83. The average Bonchev–Trinajstić information content (AvgIpc) is 2.60. The highest BCUT2D eigenvalue weighted by atomic mass is 19.3. The van der Waals surface area contributed by atoms with Crippen molar-refractivity contribution in [2.75, 3.05) is 0 Å². The number of benzene rings is 1. The smallest absolute Gasteiger partial charge is 0.264 e. The van der Waals surface area contributed by atoms with Crippen LogP contribution in [0.1, 0.15) is 20.7 Å². The minimum Gasteiger partial charge on any atom is -0.268 e. The Morgan fingerprint density at radius 1 is 0.944 bits per heavy atom. The first-order valence-corrected chi connectivity index (χ1v) is 5.10. The predicted molar refractivity (Wildman–Crippen MR) is 57.0 cm³/mol. The van der Waals surface area contributed by atoms with Crippen molar-refractivity contribution in [1.29, 1.82) is 0 Å². The van der Waals surface area contributed by atoms with E-state index < -0.39 is 24.5 Å². The van der Waals surface area contributed by atoms with E-state index in [-0.39, 0.29) is 11.1 Å². The van der Waals surface area contributed by atoms with Gasteiger partial charge < -0.3 is 0 Å². The molecule has 94 valence electrons. The van der Waals surface area contributed by atoms with E-state index in [1.54, 1.807) is 0 Å². The normalized spacial score (nSPS) is 16.8. The van der Waals surface area contributed by atoms with Crippen LogP contribution in [0.4, 0.5) is 13.2 Å². The van der Waals surface area contributed by atoms with Crippen molar-refractivity contribution in [3.8, 4) is 0 Å². The molecule has 6 heteroatoms. The summed E-state index contributed by atoms with van der Waals surface area (Å²) >= 11 is 0. The lowest BCUT2D eigenvalue weighted by Gasteiger charge is -2.15. The standard InChI is InChI=1S/C12H8F3NO2/c13-9(14)5-6-10(15)16-11(17)7-3-1-2-4-8(7)12(16)18/h1-6,9-10H. The molecule has 0 aromatic heterocycles. The van der Waals surface area contributed by atoms with Gasteiger partial charge in [0.1, 0.15) is 0 Å². The zero-order chi connectivity index (χ0) is 13.3. The van der Waals surface area contributed by atoms with Crippen LogP contribution in [-0.4, -0.2) is 29.4 Å². The third-order valence-corrected chi connectivity index (χ3v) is 2.49. The number of halogens is 3. The molecule has 0 spiro atoms. The predicted octanol–water partition coefficient (Wildman–Crippen LogP) is 2.40. The average molecular weight is 255 g/mol. The molecule has 1 heterocycles. The number of fused-ring (bicyclic) bond motifs is 1. The van der Waals surface area contributed by atoms with Crippen molar-refractivity contribution in [3.63, 3.8) is 0 Å². The molecule has 1 aliphatic heterocycles. The van der Waals surface area contributed by atoms with Crippen molar-refractivity contribution >= 4 is 11.8 Å². The molecule has 0 N–H and O–H groups in total. The Morgan fingerprint density at radius 2 is 1.44 bits per heavy atom. The molecule has 2 rings (SSSR count). The number of hydrogen-bond acceptors (Lipinski definition) is 2. The molecule has 1 aromatic carbocycles. The summed E-state index contributed by atoms with van der Waals surface area (Å²) in [6.07, 6.45) is -4.23. The maximum atomic E-state index is 13.6. The maximum Gasteiger partial charge on any atom is 0.264 e. The minimum absolute atomic E-state index is 0.0793. The summed E-state index contributed by atoms with van der Waals surface area (Å²) in [5.74, 6) is -1.64. The zero-order valence-corrected chi connectivity index (χ0v) is 9.02. The van der Waals surface area contributed by atoms with Gasteiger partial charge in [-0.25, -0.2) is 18.1 Å². The second kappa shape index (κ2) is 4.64. The lowest BCUT2D eigenvalue weighted by atomic mass is 10.1.